The summed E-state index contributed by atoms with van der Waals surface area (Å²) >= 11 is 0. The maximum atomic E-state index is 13.1. The zero-order chi connectivity index (χ0) is 16.9. The molecule has 3 aromatic rings. The number of carbonyl (C=O) groups is 1. The number of rotatable bonds is 5. The largest absolute Gasteiger partial charge is 0.489 e. The Labute approximate surface area is 138 Å². The van der Waals surface area contributed by atoms with Crippen molar-refractivity contribution in [2.24, 2.45) is 0 Å². The lowest BCUT2D eigenvalue weighted by molar-refractivity contribution is 0.0993. The molecule has 122 valence electrons. The highest BCUT2D eigenvalue weighted by Gasteiger charge is 2.17. The molecule has 1 amide bonds. The molecule has 0 saturated heterocycles. The number of ether oxygens (including phenoxy) is 1. The zero-order valence-electron chi connectivity index (χ0n) is 13.1. The van der Waals surface area contributed by atoms with Gasteiger partial charge in [-0.25, -0.2) is 4.39 Å². The Morgan fingerprint density at radius 3 is 2.71 bits per heavy atom. The van der Waals surface area contributed by atoms with E-state index >= 15 is 0 Å². The Bertz CT molecular complexity index is 843. The summed E-state index contributed by atoms with van der Waals surface area (Å²) in [5.41, 5.74) is 1.81. The number of nitrogens with one attached hydrogen (secondary N) is 1. The number of benzene rings is 2. The van der Waals surface area contributed by atoms with Crippen LogP contribution in [0.1, 0.15) is 21.7 Å². The third kappa shape index (κ3) is 3.63. The molecule has 24 heavy (non-hydrogen) atoms. The molecule has 0 aliphatic heterocycles. The second-order valence-electron chi connectivity index (χ2n) is 5.29. The van der Waals surface area contributed by atoms with E-state index in [2.05, 4.69) is 5.32 Å². The van der Waals surface area contributed by atoms with Crippen LogP contribution in [-0.2, 0) is 6.61 Å². The van der Waals surface area contributed by atoms with Gasteiger partial charge in [0.25, 0.3) is 5.91 Å². The maximum absolute atomic E-state index is 13.1. The van der Waals surface area contributed by atoms with Gasteiger partial charge in [-0.3, -0.25) is 4.79 Å². The van der Waals surface area contributed by atoms with Crippen molar-refractivity contribution < 1.29 is 18.3 Å². The molecular weight excluding hydrogens is 309 g/mol. The number of carbonyl (C=O) groups excluding carboxylic acids is 1. The molecule has 5 heteroatoms. The van der Waals surface area contributed by atoms with Gasteiger partial charge in [-0.1, -0.05) is 18.2 Å². The first-order chi connectivity index (χ1) is 11.6. The van der Waals surface area contributed by atoms with E-state index in [0.29, 0.717) is 22.6 Å². The molecule has 4 nitrogen and oxygen atoms in total. The predicted molar refractivity (Wildman–Crippen MR) is 88.6 cm³/mol. The molecule has 1 aromatic heterocycles. The quantitative estimate of drug-likeness (QED) is 0.748. The molecule has 3 rings (SSSR count). The summed E-state index contributed by atoms with van der Waals surface area (Å²) in [5, 5.41) is 2.72. The number of hydrogen-bond acceptors (Lipinski definition) is 3. The highest BCUT2D eigenvalue weighted by molar-refractivity contribution is 6.03. The Kier molecular flexibility index (Phi) is 4.61. The monoisotopic (exact) mass is 325 g/mol. The van der Waals surface area contributed by atoms with Gasteiger partial charge in [0.15, 0.2) is 5.76 Å². The summed E-state index contributed by atoms with van der Waals surface area (Å²) in [4.78, 5) is 12.4. The number of para-hydroxylation sites is 1. The first kappa shape index (κ1) is 15.8. The van der Waals surface area contributed by atoms with E-state index in [1.165, 1.54) is 24.5 Å². The molecule has 0 bridgehead atoms. The fourth-order valence-electron chi connectivity index (χ4n) is 2.27. The van der Waals surface area contributed by atoms with Gasteiger partial charge in [0, 0.05) is 11.3 Å². The minimum absolute atomic E-state index is 0.176. The number of halogens is 1. The van der Waals surface area contributed by atoms with Crippen LogP contribution >= 0.6 is 0 Å². The molecule has 0 spiro atoms. The van der Waals surface area contributed by atoms with Gasteiger partial charge >= 0.3 is 0 Å². The normalized spacial score (nSPS) is 10.4. The number of hydrogen-bond donors (Lipinski definition) is 1. The number of aryl methyl sites for hydroxylation is 1. The summed E-state index contributed by atoms with van der Waals surface area (Å²) in [6, 6.07) is 15.2. The van der Waals surface area contributed by atoms with Crippen molar-refractivity contribution in [2.45, 2.75) is 13.5 Å². The van der Waals surface area contributed by atoms with Crippen LogP contribution in [0.25, 0.3) is 0 Å². The second kappa shape index (κ2) is 7.00. The third-order valence-electron chi connectivity index (χ3n) is 3.53. The van der Waals surface area contributed by atoms with E-state index in [1.54, 1.807) is 13.0 Å². The minimum Gasteiger partial charge on any atom is -0.489 e. The van der Waals surface area contributed by atoms with Gasteiger partial charge in [-0.05, 0) is 48.9 Å². The average molecular weight is 325 g/mol. The molecule has 0 atom stereocenters. The molecule has 1 heterocycles. The summed E-state index contributed by atoms with van der Waals surface area (Å²) < 4.78 is 24.1. The number of furan rings is 1. The lowest BCUT2D eigenvalue weighted by Crippen LogP contribution is -2.14. The fourth-order valence-corrected chi connectivity index (χ4v) is 2.27. The number of amides is 1. The Morgan fingerprint density at radius 2 is 1.96 bits per heavy atom. The highest BCUT2D eigenvalue weighted by Crippen LogP contribution is 2.20. The zero-order valence-corrected chi connectivity index (χ0v) is 13.1. The molecule has 0 saturated carbocycles. The molecule has 0 aliphatic carbocycles. The van der Waals surface area contributed by atoms with Gasteiger partial charge in [-0.2, -0.15) is 0 Å². The van der Waals surface area contributed by atoms with E-state index in [9.17, 15) is 9.18 Å². The fraction of sp³-hybridized carbons (Fsp3) is 0.105. The van der Waals surface area contributed by atoms with E-state index in [4.69, 9.17) is 9.15 Å². The van der Waals surface area contributed by atoms with Gasteiger partial charge in [0.2, 0.25) is 0 Å². The lowest BCUT2D eigenvalue weighted by atomic mass is 10.2. The van der Waals surface area contributed by atoms with Crippen LogP contribution in [-0.4, -0.2) is 5.91 Å². The van der Waals surface area contributed by atoms with Crippen LogP contribution in [0.15, 0.2) is 65.3 Å². The lowest BCUT2D eigenvalue weighted by Gasteiger charge is -2.09. The Morgan fingerprint density at radius 1 is 1.17 bits per heavy atom. The topological polar surface area (TPSA) is 51.5 Å². The van der Waals surface area contributed by atoms with Crippen molar-refractivity contribution in [1.82, 2.24) is 0 Å². The molecule has 1 N–H and O–H groups in total. The van der Waals surface area contributed by atoms with Crippen molar-refractivity contribution >= 4 is 11.6 Å². The predicted octanol–water partition coefficient (Wildman–Crippen LogP) is 4.56. The third-order valence-corrected chi connectivity index (χ3v) is 3.53. The maximum Gasteiger partial charge on any atom is 0.291 e. The van der Waals surface area contributed by atoms with Crippen LogP contribution in [0.2, 0.25) is 0 Å². The van der Waals surface area contributed by atoms with Crippen LogP contribution in [0.4, 0.5) is 10.1 Å². The van der Waals surface area contributed by atoms with E-state index < -0.39 is 5.91 Å². The molecule has 2 aromatic carbocycles. The van der Waals surface area contributed by atoms with Gasteiger partial charge in [-0.15, -0.1) is 0 Å². The van der Waals surface area contributed by atoms with Crippen molar-refractivity contribution in [2.75, 3.05) is 5.32 Å². The molecular formula is C19H16FNO3. The van der Waals surface area contributed by atoms with E-state index in [1.807, 2.05) is 30.3 Å². The van der Waals surface area contributed by atoms with Gasteiger partial charge in [0.05, 0.1) is 6.26 Å². The van der Waals surface area contributed by atoms with Gasteiger partial charge in [0.1, 0.15) is 18.2 Å². The van der Waals surface area contributed by atoms with Crippen LogP contribution in [0.3, 0.4) is 0 Å². The molecule has 0 fully saturated rings. The second-order valence-corrected chi connectivity index (χ2v) is 5.29. The summed E-state index contributed by atoms with van der Waals surface area (Å²) in [5.74, 6) is 0.135. The smallest absolute Gasteiger partial charge is 0.291 e. The van der Waals surface area contributed by atoms with Crippen molar-refractivity contribution in [1.29, 1.82) is 0 Å². The van der Waals surface area contributed by atoms with E-state index in [-0.39, 0.29) is 18.2 Å². The van der Waals surface area contributed by atoms with Gasteiger partial charge < -0.3 is 14.5 Å². The summed E-state index contributed by atoms with van der Waals surface area (Å²) in [6.45, 7) is 1.94. The standard InChI is InChI=1S/C19H16FNO3/c1-13-11-15(20)7-8-17(13)21-19(22)18-14(9-10-23-18)12-24-16-5-3-2-4-6-16/h2-11H,12H2,1H3,(H,21,22). The molecule has 0 aliphatic rings. The summed E-state index contributed by atoms with van der Waals surface area (Å²) in [7, 11) is 0. The van der Waals surface area contributed by atoms with Crippen molar-refractivity contribution in [3.63, 3.8) is 0 Å². The molecule has 0 unspecified atom stereocenters. The molecule has 0 radical (unpaired) electrons. The van der Waals surface area contributed by atoms with Crippen LogP contribution in [0, 0.1) is 12.7 Å². The Balaban J connectivity index is 1.71. The summed E-state index contributed by atoms with van der Waals surface area (Å²) in [6.07, 6.45) is 1.44. The van der Waals surface area contributed by atoms with E-state index in [0.717, 1.165) is 0 Å². The van der Waals surface area contributed by atoms with Crippen molar-refractivity contribution in [3.8, 4) is 5.75 Å². The van der Waals surface area contributed by atoms with Crippen molar-refractivity contribution in [3.05, 3.63) is 83.6 Å². The highest BCUT2D eigenvalue weighted by atomic mass is 19.1. The minimum atomic E-state index is -0.402. The Hall–Kier alpha value is -3.08. The first-order valence-corrected chi connectivity index (χ1v) is 7.45. The average Bonchev–Trinajstić information content (AvgIpc) is 3.05. The first-order valence-electron chi connectivity index (χ1n) is 7.45. The SMILES string of the molecule is Cc1cc(F)ccc1NC(=O)c1occc1COc1ccccc1. The van der Waals surface area contributed by atoms with Crippen LogP contribution < -0.4 is 10.1 Å². The van der Waals surface area contributed by atoms with Crippen LogP contribution in [0.5, 0.6) is 5.75 Å². The number of anilines is 1.